The molecule has 0 spiro atoms. The predicted molar refractivity (Wildman–Crippen MR) is 131 cm³/mol. The second-order valence-electron chi connectivity index (χ2n) is 10.0. The molecule has 2 aromatic heterocycles. The number of hydrogen-bond donors (Lipinski definition) is 1. The fourth-order valence-corrected chi connectivity index (χ4v) is 5.75. The van der Waals surface area contributed by atoms with Crippen LogP contribution in [0, 0.1) is 5.92 Å². The summed E-state index contributed by atoms with van der Waals surface area (Å²) in [7, 11) is 1.92. The van der Waals surface area contributed by atoms with Gasteiger partial charge in [0.1, 0.15) is 0 Å². The van der Waals surface area contributed by atoms with Gasteiger partial charge in [0.15, 0.2) is 5.82 Å². The van der Waals surface area contributed by atoms with E-state index < -0.39 is 0 Å². The highest BCUT2D eigenvalue weighted by Crippen LogP contribution is 2.41. The standard InChI is InChI=1S/C26H32N6O3/c1-17(34)30-7-5-25-23(14-30)26(28-32(25)22-6-8-35-16-22)31-12-18(15-33)9-20-10-19(3-4-24(20)31)21-11-27-29(2)13-21/h3-4,10-11,13,18,22,33H,5-9,12,14-16H2,1-2H3/t18-,22-/m0/s1. The fourth-order valence-electron chi connectivity index (χ4n) is 5.75. The highest BCUT2D eigenvalue weighted by molar-refractivity contribution is 5.76. The largest absolute Gasteiger partial charge is 0.396 e. The molecular weight excluding hydrogens is 444 g/mol. The number of aromatic nitrogens is 4. The lowest BCUT2D eigenvalue weighted by atomic mass is 9.90. The summed E-state index contributed by atoms with van der Waals surface area (Å²) in [5.74, 6) is 1.10. The third kappa shape index (κ3) is 3.92. The van der Waals surface area contributed by atoms with E-state index in [4.69, 9.17) is 9.84 Å². The van der Waals surface area contributed by atoms with Crippen LogP contribution in [-0.2, 0) is 36.0 Å². The lowest BCUT2D eigenvalue weighted by Crippen LogP contribution is -2.37. The molecule has 6 rings (SSSR count). The predicted octanol–water partition coefficient (Wildman–Crippen LogP) is 2.45. The monoisotopic (exact) mass is 476 g/mol. The molecule has 0 radical (unpaired) electrons. The summed E-state index contributed by atoms with van der Waals surface area (Å²) < 4.78 is 9.66. The van der Waals surface area contributed by atoms with Gasteiger partial charge in [0.25, 0.3) is 0 Å². The maximum atomic E-state index is 12.3. The van der Waals surface area contributed by atoms with Gasteiger partial charge in [-0.25, -0.2) is 0 Å². The first-order valence-electron chi connectivity index (χ1n) is 12.5. The molecule has 35 heavy (non-hydrogen) atoms. The molecule has 3 aliphatic heterocycles. The zero-order chi connectivity index (χ0) is 24.1. The normalized spacial score (nSPS) is 21.8. The molecule has 2 atom stereocenters. The number of aryl methyl sites for hydroxylation is 1. The smallest absolute Gasteiger partial charge is 0.219 e. The number of nitrogens with zero attached hydrogens (tertiary/aromatic N) is 6. The first-order chi connectivity index (χ1) is 17.0. The van der Waals surface area contributed by atoms with Crippen LogP contribution in [0.1, 0.15) is 36.2 Å². The Morgan fingerprint density at radius 3 is 2.89 bits per heavy atom. The summed E-state index contributed by atoms with van der Waals surface area (Å²) in [4.78, 5) is 16.4. The van der Waals surface area contributed by atoms with E-state index in [2.05, 4.69) is 32.9 Å². The zero-order valence-electron chi connectivity index (χ0n) is 20.4. The van der Waals surface area contributed by atoms with E-state index in [0.717, 1.165) is 54.1 Å². The number of benzene rings is 1. The first-order valence-corrected chi connectivity index (χ1v) is 12.5. The Labute approximate surface area is 204 Å². The lowest BCUT2D eigenvalue weighted by molar-refractivity contribution is -0.129. The van der Waals surface area contributed by atoms with Crippen molar-refractivity contribution in [1.29, 1.82) is 0 Å². The second kappa shape index (κ2) is 8.80. The van der Waals surface area contributed by atoms with Crippen molar-refractivity contribution < 1.29 is 14.6 Å². The molecule has 184 valence electrons. The minimum atomic E-state index is 0.0898. The van der Waals surface area contributed by atoms with Crippen molar-refractivity contribution in [3.63, 3.8) is 0 Å². The Hall–Kier alpha value is -3.17. The Bertz CT molecular complexity index is 1260. The van der Waals surface area contributed by atoms with Crippen LogP contribution >= 0.6 is 0 Å². The molecule has 9 nitrogen and oxygen atoms in total. The second-order valence-corrected chi connectivity index (χ2v) is 10.0. The van der Waals surface area contributed by atoms with Crippen LogP contribution < -0.4 is 4.90 Å². The summed E-state index contributed by atoms with van der Waals surface area (Å²) in [5.41, 5.74) is 6.86. The summed E-state index contributed by atoms with van der Waals surface area (Å²) in [6, 6.07) is 6.75. The molecule has 1 N–H and O–H groups in total. The van der Waals surface area contributed by atoms with Crippen molar-refractivity contribution in [1.82, 2.24) is 24.5 Å². The van der Waals surface area contributed by atoms with Crippen molar-refractivity contribution in [3.8, 4) is 11.1 Å². The van der Waals surface area contributed by atoms with E-state index in [1.54, 1.807) is 6.92 Å². The fraction of sp³-hybridized carbons (Fsp3) is 0.500. The minimum Gasteiger partial charge on any atom is -0.396 e. The maximum Gasteiger partial charge on any atom is 0.219 e. The molecule has 1 fully saturated rings. The molecule has 1 saturated heterocycles. The van der Waals surface area contributed by atoms with Gasteiger partial charge in [-0.15, -0.1) is 0 Å². The number of rotatable bonds is 4. The summed E-state index contributed by atoms with van der Waals surface area (Å²) in [5, 5.41) is 19.7. The summed E-state index contributed by atoms with van der Waals surface area (Å²) in [6.45, 7) is 5.16. The van der Waals surface area contributed by atoms with Gasteiger partial charge < -0.3 is 19.6 Å². The van der Waals surface area contributed by atoms with E-state index in [9.17, 15) is 9.90 Å². The summed E-state index contributed by atoms with van der Waals surface area (Å²) >= 11 is 0. The van der Waals surface area contributed by atoms with Crippen LogP contribution in [-0.4, -0.2) is 68.4 Å². The van der Waals surface area contributed by atoms with Gasteiger partial charge in [-0.2, -0.15) is 10.2 Å². The first kappa shape index (κ1) is 22.3. The molecule has 0 unspecified atom stereocenters. The van der Waals surface area contributed by atoms with Crippen molar-refractivity contribution in [3.05, 3.63) is 47.4 Å². The third-order valence-corrected chi connectivity index (χ3v) is 7.63. The third-order valence-electron chi connectivity index (χ3n) is 7.63. The number of ether oxygens (including phenoxy) is 1. The molecule has 3 aliphatic rings. The average Bonchev–Trinajstić information content (AvgIpc) is 3.62. The van der Waals surface area contributed by atoms with E-state index in [1.807, 2.05) is 29.0 Å². The number of hydrogen-bond acceptors (Lipinski definition) is 6. The van der Waals surface area contributed by atoms with E-state index in [-0.39, 0.29) is 24.5 Å². The van der Waals surface area contributed by atoms with Crippen LogP contribution in [0.3, 0.4) is 0 Å². The van der Waals surface area contributed by atoms with Gasteiger partial charge in [-0.3, -0.25) is 14.2 Å². The molecule has 0 saturated carbocycles. The van der Waals surface area contributed by atoms with Crippen LogP contribution in [0.15, 0.2) is 30.6 Å². The van der Waals surface area contributed by atoms with Crippen LogP contribution in [0.5, 0.6) is 0 Å². The number of amides is 1. The van der Waals surface area contributed by atoms with E-state index >= 15 is 0 Å². The van der Waals surface area contributed by atoms with E-state index in [0.29, 0.717) is 26.2 Å². The number of anilines is 2. The summed E-state index contributed by atoms with van der Waals surface area (Å²) in [6.07, 6.45) is 6.46. The SMILES string of the molecule is CC(=O)N1CCc2c(c(N3C[C@@H](CO)Cc4cc(-c5cnn(C)c5)ccc43)nn2[C@H]2CCOC2)C1. The highest BCUT2D eigenvalue weighted by Gasteiger charge is 2.35. The quantitative estimate of drug-likeness (QED) is 0.622. The molecule has 5 heterocycles. The molecule has 9 heteroatoms. The highest BCUT2D eigenvalue weighted by atomic mass is 16.5. The molecular formula is C26H32N6O3. The molecule has 1 aromatic carbocycles. The number of carbonyl (C=O) groups excluding carboxylic acids is 1. The lowest BCUT2D eigenvalue weighted by Gasteiger charge is -2.36. The van der Waals surface area contributed by atoms with Crippen LogP contribution in [0.4, 0.5) is 11.5 Å². The Morgan fingerprint density at radius 2 is 2.17 bits per heavy atom. The number of aliphatic hydroxyl groups excluding tert-OH is 1. The minimum absolute atomic E-state index is 0.0898. The number of carbonyl (C=O) groups is 1. The molecule has 0 bridgehead atoms. The Kier molecular flexibility index (Phi) is 5.61. The van der Waals surface area contributed by atoms with Crippen LogP contribution in [0.25, 0.3) is 11.1 Å². The van der Waals surface area contributed by atoms with Crippen molar-refractivity contribution in [2.45, 2.75) is 38.8 Å². The van der Waals surface area contributed by atoms with Gasteiger partial charge in [-0.05, 0) is 36.1 Å². The maximum absolute atomic E-state index is 12.3. The van der Waals surface area contributed by atoms with Crippen molar-refractivity contribution in [2.75, 3.05) is 37.8 Å². The van der Waals surface area contributed by atoms with Gasteiger partial charge >= 0.3 is 0 Å². The molecule has 3 aromatic rings. The van der Waals surface area contributed by atoms with Gasteiger partial charge in [-0.1, -0.05) is 6.07 Å². The van der Waals surface area contributed by atoms with Crippen molar-refractivity contribution >= 4 is 17.4 Å². The van der Waals surface area contributed by atoms with Crippen LogP contribution in [0.2, 0.25) is 0 Å². The van der Waals surface area contributed by atoms with E-state index in [1.165, 1.54) is 11.3 Å². The Balaban J connectivity index is 1.45. The van der Waals surface area contributed by atoms with Crippen molar-refractivity contribution in [2.24, 2.45) is 13.0 Å². The zero-order valence-corrected chi connectivity index (χ0v) is 20.4. The van der Waals surface area contributed by atoms with Gasteiger partial charge in [0, 0.05) is 81.3 Å². The Morgan fingerprint density at radius 1 is 1.29 bits per heavy atom. The number of aliphatic hydroxyl groups is 1. The number of fused-ring (bicyclic) bond motifs is 2. The molecule has 0 aliphatic carbocycles. The average molecular weight is 477 g/mol. The van der Waals surface area contributed by atoms with Gasteiger partial charge in [0.2, 0.25) is 5.91 Å². The van der Waals surface area contributed by atoms with Gasteiger partial charge in [0.05, 0.1) is 25.4 Å². The molecule has 1 amide bonds. The topological polar surface area (TPSA) is 88.7 Å².